The molecule has 1 aliphatic heterocycles. The van der Waals surface area contributed by atoms with Crippen LogP contribution in [0.25, 0.3) is 5.65 Å². The van der Waals surface area contributed by atoms with Gasteiger partial charge in [-0.05, 0) is 6.07 Å². The number of halogens is 3. The molecule has 0 radical (unpaired) electrons. The van der Waals surface area contributed by atoms with E-state index in [-0.39, 0.29) is 5.65 Å². The largest absolute Gasteiger partial charge is 0.434 e. The monoisotopic (exact) mass is 365 g/mol. The molecule has 0 atom stereocenters. The van der Waals surface area contributed by atoms with Gasteiger partial charge in [-0.15, -0.1) is 0 Å². The quantitative estimate of drug-likeness (QED) is 0.761. The molecule has 1 saturated heterocycles. The van der Waals surface area contributed by atoms with E-state index >= 15 is 0 Å². The number of alkyl halides is 3. The Hall–Kier alpha value is -2.95. The van der Waals surface area contributed by atoms with Crippen LogP contribution in [0, 0.1) is 0 Å². The number of nitrogens with zero attached hydrogens (tertiary/aromatic N) is 6. The second-order valence-electron chi connectivity index (χ2n) is 5.60. The molecule has 26 heavy (non-hydrogen) atoms. The Morgan fingerprint density at radius 2 is 1.77 bits per heavy atom. The molecule has 4 heterocycles. The number of hydrogen-bond acceptors (Lipinski definition) is 7. The molecule has 0 amide bonds. The van der Waals surface area contributed by atoms with Crippen molar-refractivity contribution in [2.75, 3.05) is 36.5 Å². The maximum Gasteiger partial charge on any atom is 0.434 e. The summed E-state index contributed by atoms with van der Waals surface area (Å²) in [6, 6.07) is 1.66. The molecule has 0 unspecified atom stereocenters. The molecular weight excluding hydrogens is 351 g/mol. The molecule has 0 bridgehead atoms. The summed E-state index contributed by atoms with van der Waals surface area (Å²) in [5, 5.41) is 2.90. The van der Waals surface area contributed by atoms with E-state index in [4.69, 9.17) is 4.74 Å². The van der Waals surface area contributed by atoms with Crippen LogP contribution in [0.5, 0.6) is 0 Å². The normalized spacial score (nSPS) is 15.4. The van der Waals surface area contributed by atoms with E-state index in [1.807, 2.05) is 4.90 Å². The van der Waals surface area contributed by atoms with Crippen LogP contribution in [0.15, 0.2) is 30.9 Å². The van der Waals surface area contributed by atoms with Crippen LogP contribution < -0.4 is 10.2 Å². The number of hydrogen-bond donors (Lipinski definition) is 1. The van der Waals surface area contributed by atoms with Crippen LogP contribution in [0.2, 0.25) is 0 Å². The lowest BCUT2D eigenvalue weighted by Gasteiger charge is -2.28. The lowest BCUT2D eigenvalue weighted by molar-refractivity contribution is -0.140. The first-order chi connectivity index (χ1) is 12.5. The van der Waals surface area contributed by atoms with Gasteiger partial charge in [-0.25, -0.2) is 19.9 Å². The number of imidazole rings is 1. The molecule has 0 aromatic carbocycles. The van der Waals surface area contributed by atoms with Crippen LogP contribution >= 0.6 is 0 Å². The van der Waals surface area contributed by atoms with Gasteiger partial charge in [0.25, 0.3) is 0 Å². The van der Waals surface area contributed by atoms with Gasteiger partial charge in [0.1, 0.15) is 0 Å². The summed E-state index contributed by atoms with van der Waals surface area (Å²) in [5.74, 6) is 0.962. The molecule has 0 aliphatic carbocycles. The fourth-order valence-electron chi connectivity index (χ4n) is 2.64. The molecule has 3 aromatic rings. The fourth-order valence-corrected chi connectivity index (χ4v) is 2.64. The maximum absolute atomic E-state index is 13.1. The van der Waals surface area contributed by atoms with Crippen LogP contribution in [0.3, 0.4) is 0 Å². The van der Waals surface area contributed by atoms with Gasteiger partial charge >= 0.3 is 6.18 Å². The Balaban J connectivity index is 1.80. The second kappa shape index (κ2) is 6.41. The zero-order valence-corrected chi connectivity index (χ0v) is 13.4. The summed E-state index contributed by atoms with van der Waals surface area (Å²) in [6.45, 7) is 1.98. The van der Waals surface area contributed by atoms with Gasteiger partial charge in [-0.3, -0.25) is 4.40 Å². The van der Waals surface area contributed by atoms with Crippen molar-refractivity contribution in [2.45, 2.75) is 6.18 Å². The first-order valence-corrected chi connectivity index (χ1v) is 7.84. The molecule has 11 heteroatoms. The summed E-state index contributed by atoms with van der Waals surface area (Å²) in [6.07, 6.45) is 0.936. The maximum atomic E-state index is 13.1. The van der Waals surface area contributed by atoms with Crippen molar-refractivity contribution < 1.29 is 17.9 Å². The molecule has 0 saturated carbocycles. The summed E-state index contributed by atoms with van der Waals surface area (Å²) in [4.78, 5) is 18.1. The van der Waals surface area contributed by atoms with Crippen LogP contribution in [-0.4, -0.2) is 50.6 Å². The number of fused-ring (bicyclic) bond motifs is 1. The zero-order chi connectivity index (χ0) is 18.1. The second-order valence-corrected chi connectivity index (χ2v) is 5.60. The molecule has 3 aromatic heterocycles. The van der Waals surface area contributed by atoms with Gasteiger partial charge < -0.3 is 15.0 Å². The molecule has 1 fully saturated rings. The highest BCUT2D eigenvalue weighted by atomic mass is 19.4. The van der Waals surface area contributed by atoms with Gasteiger partial charge in [-0.1, -0.05) is 0 Å². The van der Waals surface area contributed by atoms with Crippen LogP contribution in [0.4, 0.5) is 30.8 Å². The number of anilines is 3. The van der Waals surface area contributed by atoms with E-state index in [0.29, 0.717) is 43.9 Å². The highest BCUT2D eigenvalue weighted by molar-refractivity contribution is 5.68. The van der Waals surface area contributed by atoms with Crippen molar-refractivity contribution in [1.82, 2.24) is 24.3 Å². The van der Waals surface area contributed by atoms with E-state index in [0.717, 1.165) is 6.20 Å². The number of rotatable bonds is 3. The van der Waals surface area contributed by atoms with Gasteiger partial charge in [0.2, 0.25) is 5.95 Å². The van der Waals surface area contributed by atoms with E-state index in [1.54, 1.807) is 18.5 Å². The molecule has 1 aliphatic rings. The average Bonchev–Trinajstić information content (AvgIpc) is 3.07. The lowest BCUT2D eigenvalue weighted by atomic mass is 10.4. The number of aromatic nitrogens is 5. The topological polar surface area (TPSA) is 80.5 Å². The van der Waals surface area contributed by atoms with Crippen LogP contribution in [-0.2, 0) is 10.9 Å². The minimum absolute atomic E-state index is 0.138. The zero-order valence-electron chi connectivity index (χ0n) is 13.4. The predicted octanol–water partition coefficient (Wildman–Crippen LogP) is 2.12. The smallest absolute Gasteiger partial charge is 0.378 e. The molecular formula is C15H14F3N7O. The minimum Gasteiger partial charge on any atom is -0.378 e. The molecule has 0 spiro atoms. The molecule has 136 valence electrons. The Kier molecular flexibility index (Phi) is 4.07. The van der Waals surface area contributed by atoms with E-state index < -0.39 is 11.9 Å². The third-order valence-electron chi connectivity index (χ3n) is 3.83. The third-order valence-corrected chi connectivity index (χ3v) is 3.83. The van der Waals surface area contributed by atoms with E-state index in [1.165, 1.54) is 10.6 Å². The van der Waals surface area contributed by atoms with E-state index in [2.05, 4.69) is 25.3 Å². The van der Waals surface area contributed by atoms with E-state index in [9.17, 15) is 13.2 Å². The average molecular weight is 365 g/mol. The Morgan fingerprint density at radius 1 is 1.04 bits per heavy atom. The minimum atomic E-state index is -4.54. The predicted molar refractivity (Wildman–Crippen MR) is 86.3 cm³/mol. The highest BCUT2D eigenvalue weighted by Crippen LogP contribution is 2.31. The number of nitrogens with one attached hydrogen (secondary N) is 1. The lowest BCUT2D eigenvalue weighted by Crippen LogP contribution is -2.37. The van der Waals surface area contributed by atoms with Crippen molar-refractivity contribution in [3.8, 4) is 0 Å². The van der Waals surface area contributed by atoms with Crippen molar-refractivity contribution >= 4 is 23.2 Å². The number of ether oxygens (including phenoxy) is 1. The first kappa shape index (κ1) is 16.5. The van der Waals surface area contributed by atoms with Crippen molar-refractivity contribution in [2.24, 2.45) is 0 Å². The van der Waals surface area contributed by atoms with Crippen molar-refractivity contribution in [3.63, 3.8) is 0 Å². The van der Waals surface area contributed by atoms with Gasteiger partial charge in [0.05, 0.1) is 19.4 Å². The summed E-state index contributed by atoms with van der Waals surface area (Å²) in [7, 11) is 0. The van der Waals surface area contributed by atoms with Crippen molar-refractivity contribution in [3.05, 3.63) is 36.5 Å². The summed E-state index contributed by atoms with van der Waals surface area (Å²) in [5.41, 5.74) is -0.833. The Bertz CT molecular complexity index is 907. The van der Waals surface area contributed by atoms with Crippen molar-refractivity contribution in [1.29, 1.82) is 0 Å². The highest BCUT2D eigenvalue weighted by Gasteiger charge is 2.35. The fraction of sp³-hybridized carbons (Fsp3) is 0.333. The SMILES string of the molecule is FC(F)(F)c1cn2cc(Nc3ncccn3)nc(N3CCOCC3)c2n1. The van der Waals surface area contributed by atoms with Crippen LogP contribution in [0.1, 0.15) is 5.69 Å². The van der Waals surface area contributed by atoms with Gasteiger partial charge in [0.15, 0.2) is 23.0 Å². The van der Waals surface area contributed by atoms with Gasteiger partial charge in [0, 0.05) is 31.7 Å². The third kappa shape index (κ3) is 3.25. The standard InChI is InChI=1S/C15H14F3N7O/c16-15(17,18)10-8-25-9-11(23-14-19-2-1-3-20-14)22-13(12(25)21-10)24-4-6-26-7-5-24/h1-3,8-9H,4-7H2,(H,19,20,23). The number of morpholine rings is 1. The first-order valence-electron chi connectivity index (χ1n) is 7.84. The Labute approximate surface area is 145 Å². The summed E-state index contributed by atoms with van der Waals surface area (Å²) < 4.78 is 45.9. The molecule has 8 nitrogen and oxygen atoms in total. The Morgan fingerprint density at radius 3 is 2.46 bits per heavy atom. The summed E-state index contributed by atoms with van der Waals surface area (Å²) >= 11 is 0. The molecule has 1 N–H and O–H groups in total. The van der Waals surface area contributed by atoms with Gasteiger partial charge in [-0.2, -0.15) is 13.2 Å². The molecule has 4 rings (SSSR count).